The lowest BCUT2D eigenvalue weighted by molar-refractivity contribution is 0.165. The van der Waals surface area contributed by atoms with Gasteiger partial charge in [0.1, 0.15) is 0 Å². The van der Waals surface area contributed by atoms with Gasteiger partial charge in [0.25, 0.3) is 0 Å². The molecule has 0 saturated carbocycles. The van der Waals surface area contributed by atoms with Gasteiger partial charge in [0.05, 0.1) is 11.4 Å². The molecule has 116 valence electrons. The van der Waals surface area contributed by atoms with E-state index in [1.54, 1.807) is 0 Å². The Balaban J connectivity index is 1.56. The van der Waals surface area contributed by atoms with Gasteiger partial charge in [0, 0.05) is 55.3 Å². The van der Waals surface area contributed by atoms with Crippen molar-refractivity contribution < 1.29 is 0 Å². The van der Waals surface area contributed by atoms with Crippen molar-refractivity contribution in [1.82, 2.24) is 24.5 Å². The molecule has 1 fully saturated rings. The van der Waals surface area contributed by atoms with Crippen LogP contribution >= 0.6 is 0 Å². The first-order valence-corrected chi connectivity index (χ1v) is 8.28. The van der Waals surface area contributed by atoms with Gasteiger partial charge in [-0.05, 0) is 37.5 Å². The average molecular weight is 305 g/mol. The molecule has 2 atom stereocenters. The van der Waals surface area contributed by atoms with E-state index in [2.05, 4.69) is 48.9 Å². The molecule has 0 radical (unpaired) electrons. The standard InChI is InChI=1S/C18H19N5/c1-12-8-18-20-10-15-16-3-2-14(9-17(15)23(18)21-12)22(16)11-13-4-6-19-7-5-13/h4-8,10,14,16H,2-3,9,11H2,1H3/t14-,16-/m1/s1. The Morgan fingerprint density at radius 3 is 2.96 bits per heavy atom. The van der Waals surface area contributed by atoms with Gasteiger partial charge in [-0.2, -0.15) is 5.10 Å². The third kappa shape index (κ3) is 2.00. The van der Waals surface area contributed by atoms with E-state index in [-0.39, 0.29) is 0 Å². The molecule has 5 heterocycles. The van der Waals surface area contributed by atoms with Crippen LogP contribution in [0.1, 0.15) is 41.4 Å². The van der Waals surface area contributed by atoms with Gasteiger partial charge >= 0.3 is 0 Å². The molecule has 2 bridgehead atoms. The first-order chi connectivity index (χ1) is 11.3. The normalized spacial score (nSPS) is 23.3. The molecular weight excluding hydrogens is 286 g/mol. The molecule has 0 unspecified atom stereocenters. The lowest BCUT2D eigenvalue weighted by Gasteiger charge is -2.36. The number of pyridine rings is 1. The summed E-state index contributed by atoms with van der Waals surface area (Å²) in [6, 6.07) is 7.38. The van der Waals surface area contributed by atoms with Gasteiger partial charge in [-0.3, -0.25) is 9.88 Å². The minimum atomic E-state index is 0.471. The van der Waals surface area contributed by atoms with Gasteiger partial charge in [-0.15, -0.1) is 0 Å². The third-order valence-electron chi connectivity index (χ3n) is 5.28. The quantitative estimate of drug-likeness (QED) is 0.730. The lowest BCUT2D eigenvalue weighted by atomic mass is 9.98. The summed E-state index contributed by atoms with van der Waals surface area (Å²) < 4.78 is 2.07. The van der Waals surface area contributed by atoms with Crippen molar-refractivity contribution in [2.24, 2.45) is 0 Å². The maximum absolute atomic E-state index is 4.66. The van der Waals surface area contributed by atoms with Crippen molar-refractivity contribution >= 4 is 5.65 Å². The minimum absolute atomic E-state index is 0.471. The van der Waals surface area contributed by atoms with Crippen molar-refractivity contribution in [3.63, 3.8) is 0 Å². The molecular formula is C18H19N5. The summed E-state index contributed by atoms with van der Waals surface area (Å²) in [4.78, 5) is 11.4. The number of fused-ring (bicyclic) bond motifs is 6. The van der Waals surface area contributed by atoms with Crippen molar-refractivity contribution in [2.45, 2.75) is 44.8 Å². The van der Waals surface area contributed by atoms with Crippen LogP contribution in [0.15, 0.2) is 36.8 Å². The maximum Gasteiger partial charge on any atom is 0.155 e. The largest absolute Gasteiger partial charge is 0.289 e. The summed E-state index contributed by atoms with van der Waals surface area (Å²) in [6.07, 6.45) is 9.39. The Kier molecular flexibility index (Phi) is 2.79. The molecule has 2 aliphatic rings. The fourth-order valence-corrected chi connectivity index (χ4v) is 4.24. The molecule has 0 aliphatic carbocycles. The molecule has 0 amide bonds. The zero-order chi connectivity index (χ0) is 15.4. The van der Waals surface area contributed by atoms with Crippen molar-refractivity contribution in [3.05, 3.63) is 59.3 Å². The molecule has 1 saturated heterocycles. The summed E-state index contributed by atoms with van der Waals surface area (Å²) in [5.41, 5.74) is 6.08. The second-order valence-corrected chi connectivity index (χ2v) is 6.69. The Morgan fingerprint density at radius 1 is 1.22 bits per heavy atom. The van der Waals surface area contributed by atoms with Crippen molar-refractivity contribution in [1.29, 1.82) is 0 Å². The fraction of sp³-hybridized carbons (Fsp3) is 0.389. The highest BCUT2D eigenvalue weighted by Crippen LogP contribution is 2.44. The molecule has 2 aliphatic heterocycles. The SMILES string of the molecule is Cc1cc2ncc3c(n2n1)C[C@H]1CC[C@H]3N1Cc1ccncc1. The monoisotopic (exact) mass is 305 g/mol. The lowest BCUT2D eigenvalue weighted by Crippen LogP contribution is -2.38. The Morgan fingerprint density at radius 2 is 2.09 bits per heavy atom. The van der Waals surface area contributed by atoms with Gasteiger partial charge in [-0.1, -0.05) is 0 Å². The molecule has 0 aromatic carbocycles. The number of aryl methyl sites for hydroxylation is 1. The van der Waals surface area contributed by atoms with Crippen LogP contribution in [0.5, 0.6) is 0 Å². The Hall–Kier alpha value is -2.27. The van der Waals surface area contributed by atoms with Crippen LogP contribution in [-0.4, -0.2) is 30.5 Å². The third-order valence-corrected chi connectivity index (χ3v) is 5.28. The zero-order valence-electron chi connectivity index (χ0n) is 13.2. The first kappa shape index (κ1) is 13.2. The highest BCUT2D eigenvalue weighted by molar-refractivity contribution is 5.44. The van der Waals surface area contributed by atoms with Crippen LogP contribution in [0.4, 0.5) is 0 Å². The Bertz CT molecular complexity index is 870. The Labute approximate surface area is 135 Å². The van der Waals surface area contributed by atoms with Crippen LogP contribution < -0.4 is 0 Å². The average Bonchev–Trinajstić information content (AvgIpc) is 3.07. The first-order valence-electron chi connectivity index (χ1n) is 8.28. The minimum Gasteiger partial charge on any atom is -0.289 e. The molecule has 0 spiro atoms. The maximum atomic E-state index is 4.66. The van der Waals surface area contributed by atoms with E-state index in [9.17, 15) is 0 Å². The zero-order valence-corrected chi connectivity index (χ0v) is 13.2. The molecule has 5 heteroatoms. The van der Waals surface area contributed by atoms with Gasteiger partial charge in [0.15, 0.2) is 5.65 Å². The number of rotatable bonds is 2. The second-order valence-electron chi connectivity index (χ2n) is 6.69. The molecule has 3 aromatic rings. The molecule has 23 heavy (non-hydrogen) atoms. The van der Waals surface area contributed by atoms with E-state index in [1.807, 2.05) is 19.3 Å². The van der Waals surface area contributed by atoms with Gasteiger partial charge in [0.2, 0.25) is 0 Å². The number of nitrogens with zero attached hydrogens (tertiary/aromatic N) is 5. The highest BCUT2D eigenvalue weighted by Gasteiger charge is 2.41. The van der Waals surface area contributed by atoms with E-state index < -0.39 is 0 Å². The van der Waals surface area contributed by atoms with Gasteiger partial charge < -0.3 is 0 Å². The van der Waals surface area contributed by atoms with Crippen LogP contribution in [0.25, 0.3) is 5.65 Å². The summed E-state index contributed by atoms with van der Waals surface area (Å²) in [7, 11) is 0. The molecule has 5 rings (SSSR count). The topological polar surface area (TPSA) is 46.3 Å². The molecule has 3 aromatic heterocycles. The molecule has 5 nitrogen and oxygen atoms in total. The highest BCUT2D eigenvalue weighted by atomic mass is 15.3. The van der Waals surface area contributed by atoms with Crippen LogP contribution in [0.3, 0.4) is 0 Å². The predicted molar refractivity (Wildman–Crippen MR) is 87.0 cm³/mol. The summed E-state index contributed by atoms with van der Waals surface area (Å²) in [5.74, 6) is 0. The van der Waals surface area contributed by atoms with Crippen LogP contribution in [-0.2, 0) is 13.0 Å². The van der Waals surface area contributed by atoms with Gasteiger partial charge in [-0.25, -0.2) is 9.50 Å². The van der Waals surface area contributed by atoms with E-state index in [4.69, 9.17) is 0 Å². The number of hydrogen-bond acceptors (Lipinski definition) is 4. The van der Waals surface area contributed by atoms with E-state index >= 15 is 0 Å². The molecule has 0 N–H and O–H groups in total. The summed E-state index contributed by atoms with van der Waals surface area (Å²) in [5, 5.41) is 4.66. The van der Waals surface area contributed by atoms with Crippen molar-refractivity contribution in [2.75, 3.05) is 0 Å². The van der Waals surface area contributed by atoms with E-state index in [1.165, 1.54) is 29.7 Å². The van der Waals surface area contributed by atoms with Crippen LogP contribution in [0, 0.1) is 6.92 Å². The summed E-state index contributed by atoms with van der Waals surface area (Å²) in [6.45, 7) is 3.03. The summed E-state index contributed by atoms with van der Waals surface area (Å²) >= 11 is 0. The number of aromatic nitrogens is 4. The second kappa shape index (κ2) is 4.86. The van der Waals surface area contributed by atoms with Crippen LogP contribution in [0.2, 0.25) is 0 Å². The predicted octanol–water partition coefficient (Wildman–Crippen LogP) is 2.69. The number of hydrogen-bond donors (Lipinski definition) is 0. The fourth-order valence-electron chi connectivity index (χ4n) is 4.24. The van der Waals surface area contributed by atoms with E-state index in [0.717, 1.165) is 24.3 Å². The van der Waals surface area contributed by atoms with E-state index in [0.29, 0.717) is 12.1 Å². The van der Waals surface area contributed by atoms with Crippen molar-refractivity contribution in [3.8, 4) is 0 Å². The smallest absolute Gasteiger partial charge is 0.155 e.